The van der Waals surface area contributed by atoms with Crippen LogP contribution in [-0.4, -0.2) is 28.8 Å². The first-order chi connectivity index (χ1) is 8.63. The van der Waals surface area contributed by atoms with Gasteiger partial charge in [-0.05, 0) is 32.6 Å². The lowest BCUT2D eigenvalue weighted by Gasteiger charge is -2.37. The van der Waals surface area contributed by atoms with Gasteiger partial charge < -0.3 is 10.6 Å². The normalized spacial score (nSPS) is 23.9. The Hall–Kier alpha value is -1.07. The molecule has 1 heterocycles. The van der Waals surface area contributed by atoms with Crippen LogP contribution in [0.25, 0.3) is 0 Å². The molecule has 1 aromatic heterocycles. The molecule has 0 aromatic carbocycles. The number of nitrogens with two attached hydrogens (primary N) is 1. The molecule has 5 nitrogen and oxygen atoms in total. The van der Waals surface area contributed by atoms with Gasteiger partial charge in [0.1, 0.15) is 5.02 Å². The fraction of sp³-hybridized carbons (Fsp3) is 0.667. The van der Waals surface area contributed by atoms with Crippen molar-refractivity contribution in [3.8, 4) is 0 Å². The molecule has 0 bridgehead atoms. The average molecular weight is 271 g/mol. The van der Waals surface area contributed by atoms with E-state index in [0.717, 1.165) is 37.9 Å². The fourth-order valence-electron chi connectivity index (χ4n) is 2.61. The minimum absolute atomic E-state index is 0.224. The molecule has 1 fully saturated rings. The first-order valence-electron chi connectivity index (χ1n) is 6.39. The van der Waals surface area contributed by atoms with Crippen molar-refractivity contribution in [3.05, 3.63) is 21.6 Å². The van der Waals surface area contributed by atoms with Crippen molar-refractivity contribution in [1.29, 1.82) is 0 Å². The maximum absolute atomic E-state index is 11.5. The third-order valence-electron chi connectivity index (χ3n) is 3.61. The van der Waals surface area contributed by atoms with Crippen LogP contribution in [0.2, 0.25) is 5.02 Å². The van der Waals surface area contributed by atoms with E-state index in [1.165, 1.54) is 0 Å². The molecule has 100 valence electrons. The van der Waals surface area contributed by atoms with Crippen molar-refractivity contribution < 1.29 is 0 Å². The number of nitrogens with one attached hydrogen (secondary N) is 1. The summed E-state index contributed by atoms with van der Waals surface area (Å²) in [5, 5.41) is 6.40. The van der Waals surface area contributed by atoms with Gasteiger partial charge in [0, 0.05) is 18.6 Å². The molecular weight excluding hydrogens is 252 g/mol. The minimum Gasteiger partial charge on any atom is -0.366 e. The van der Waals surface area contributed by atoms with E-state index in [2.05, 4.69) is 22.0 Å². The first kappa shape index (κ1) is 13.4. The predicted octanol–water partition coefficient (Wildman–Crippen LogP) is 1.52. The number of nitrogens with zero attached hydrogens (tertiary/aromatic N) is 2. The smallest absolute Gasteiger partial charge is 0.285 e. The Morgan fingerprint density at radius 2 is 2.17 bits per heavy atom. The molecule has 1 saturated carbocycles. The van der Waals surface area contributed by atoms with Gasteiger partial charge in [-0.1, -0.05) is 11.6 Å². The van der Waals surface area contributed by atoms with E-state index >= 15 is 0 Å². The Bertz CT molecular complexity index is 454. The van der Waals surface area contributed by atoms with Crippen molar-refractivity contribution in [2.24, 2.45) is 5.73 Å². The summed E-state index contributed by atoms with van der Waals surface area (Å²) in [7, 11) is 0. The molecule has 0 spiro atoms. The van der Waals surface area contributed by atoms with Gasteiger partial charge >= 0.3 is 0 Å². The summed E-state index contributed by atoms with van der Waals surface area (Å²) in [5.41, 5.74) is 6.31. The average Bonchev–Trinajstić information content (AvgIpc) is 2.37. The monoisotopic (exact) mass is 270 g/mol. The lowest BCUT2D eigenvalue weighted by atomic mass is 9.90. The molecule has 0 atom stereocenters. The molecule has 1 aromatic rings. The number of halogens is 1. The summed E-state index contributed by atoms with van der Waals surface area (Å²) in [6.07, 6.45) is 5.75. The van der Waals surface area contributed by atoms with Crippen LogP contribution in [0.5, 0.6) is 0 Å². The highest BCUT2D eigenvalue weighted by Gasteiger charge is 2.25. The van der Waals surface area contributed by atoms with E-state index in [9.17, 15) is 4.79 Å². The van der Waals surface area contributed by atoms with Gasteiger partial charge in [-0.2, -0.15) is 5.10 Å². The van der Waals surface area contributed by atoms with Gasteiger partial charge in [-0.15, -0.1) is 0 Å². The highest BCUT2D eigenvalue weighted by molar-refractivity contribution is 6.33. The van der Waals surface area contributed by atoms with Gasteiger partial charge in [-0.25, -0.2) is 5.10 Å². The lowest BCUT2D eigenvalue weighted by molar-refractivity contribution is 0.378. The van der Waals surface area contributed by atoms with E-state index in [-0.39, 0.29) is 10.6 Å². The van der Waals surface area contributed by atoms with E-state index in [0.29, 0.717) is 12.1 Å². The quantitative estimate of drug-likeness (QED) is 0.873. The number of anilines is 1. The van der Waals surface area contributed by atoms with Crippen LogP contribution in [0.3, 0.4) is 0 Å². The zero-order valence-electron chi connectivity index (χ0n) is 10.5. The SMILES string of the molecule is CCN(c1cn[nH]c(=O)c1Cl)C1CCC(N)CC1. The van der Waals surface area contributed by atoms with E-state index in [1.54, 1.807) is 6.20 Å². The number of aromatic nitrogens is 2. The Labute approximate surface area is 111 Å². The summed E-state index contributed by atoms with van der Waals surface area (Å²) in [6, 6.07) is 0.712. The van der Waals surface area contributed by atoms with Gasteiger partial charge in [0.15, 0.2) is 0 Å². The Morgan fingerprint density at radius 3 is 2.78 bits per heavy atom. The van der Waals surface area contributed by atoms with Crippen LogP contribution in [0.15, 0.2) is 11.0 Å². The van der Waals surface area contributed by atoms with Crippen LogP contribution in [0.4, 0.5) is 5.69 Å². The molecule has 1 aliphatic carbocycles. The second kappa shape index (κ2) is 5.71. The fourth-order valence-corrected chi connectivity index (χ4v) is 2.81. The minimum atomic E-state index is -0.333. The third kappa shape index (κ3) is 2.67. The van der Waals surface area contributed by atoms with Crippen molar-refractivity contribution >= 4 is 17.3 Å². The highest BCUT2D eigenvalue weighted by atomic mass is 35.5. The molecule has 0 radical (unpaired) electrons. The number of H-pyrrole nitrogens is 1. The molecule has 2 rings (SSSR count). The van der Waals surface area contributed by atoms with Gasteiger partial charge in [0.2, 0.25) is 0 Å². The number of hydrogen-bond acceptors (Lipinski definition) is 4. The molecule has 0 amide bonds. The van der Waals surface area contributed by atoms with Crippen molar-refractivity contribution in [3.63, 3.8) is 0 Å². The van der Waals surface area contributed by atoms with Crippen LogP contribution in [0.1, 0.15) is 32.6 Å². The molecule has 0 aliphatic heterocycles. The summed E-state index contributed by atoms with van der Waals surface area (Å²) in [5.74, 6) is 0. The molecule has 18 heavy (non-hydrogen) atoms. The van der Waals surface area contributed by atoms with Crippen molar-refractivity contribution in [1.82, 2.24) is 10.2 Å². The summed E-state index contributed by atoms with van der Waals surface area (Å²) in [4.78, 5) is 13.7. The molecule has 6 heteroatoms. The molecule has 1 aliphatic rings. The van der Waals surface area contributed by atoms with E-state index < -0.39 is 0 Å². The van der Waals surface area contributed by atoms with Crippen molar-refractivity contribution in [2.45, 2.75) is 44.7 Å². The topological polar surface area (TPSA) is 75.0 Å². The van der Waals surface area contributed by atoms with Gasteiger partial charge in [0.05, 0.1) is 11.9 Å². The number of aromatic amines is 1. The Kier molecular flexibility index (Phi) is 4.24. The molecule has 3 N–H and O–H groups in total. The van der Waals surface area contributed by atoms with Crippen LogP contribution >= 0.6 is 11.6 Å². The molecular formula is C12H19ClN4O. The Morgan fingerprint density at radius 1 is 1.50 bits per heavy atom. The third-order valence-corrected chi connectivity index (χ3v) is 3.97. The van der Waals surface area contributed by atoms with Crippen LogP contribution < -0.4 is 16.2 Å². The number of hydrogen-bond donors (Lipinski definition) is 2. The number of rotatable bonds is 3. The molecule has 0 saturated heterocycles. The van der Waals surface area contributed by atoms with Crippen molar-refractivity contribution in [2.75, 3.05) is 11.4 Å². The largest absolute Gasteiger partial charge is 0.366 e. The molecule has 0 unspecified atom stereocenters. The zero-order valence-corrected chi connectivity index (χ0v) is 11.3. The zero-order chi connectivity index (χ0) is 13.1. The summed E-state index contributed by atoms with van der Waals surface area (Å²) < 4.78 is 0. The first-order valence-corrected chi connectivity index (χ1v) is 6.76. The summed E-state index contributed by atoms with van der Waals surface area (Å²) >= 11 is 6.06. The summed E-state index contributed by atoms with van der Waals surface area (Å²) in [6.45, 7) is 2.87. The Balaban J connectivity index is 2.23. The van der Waals surface area contributed by atoms with E-state index in [4.69, 9.17) is 17.3 Å². The maximum Gasteiger partial charge on any atom is 0.285 e. The lowest BCUT2D eigenvalue weighted by Crippen LogP contribution is -2.41. The maximum atomic E-state index is 11.5. The van der Waals surface area contributed by atoms with Gasteiger partial charge in [-0.3, -0.25) is 4.79 Å². The van der Waals surface area contributed by atoms with Crippen LogP contribution in [0, 0.1) is 0 Å². The van der Waals surface area contributed by atoms with Gasteiger partial charge in [0.25, 0.3) is 5.56 Å². The standard InChI is InChI=1S/C12H19ClN4O/c1-2-17(9-5-3-8(14)4-6-9)10-7-15-16-12(18)11(10)13/h7-9H,2-6,14H2,1H3,(H,16,18). The predicted molar refractivity (Wildman–Crippen MR) is 73.1 cm³/mol. The second-order valence-corrected chi connectivity index (χ2v) is 5.13. The van der Waals surface area contributed by atoms with E-state index in [1.807, 2.05) is 0 Å². The van der Waals surface area contributed by atoms with Crippen LogP contribution in [-0.2, 0) is 0 Å². The highest BCUT2D eigenvalue weighted by Crippen LogP contribution is 2.29. The second-order valence-electron chi connectivity index (χ2n) is 4.75.